The number of ketones is 1. The highest BCUT2D eigenvalue weighted by Gasteiger charge is 2.78. The lowest BCUT2D eigenvalue weighted by molar-refractivity contribution is -0.346. The Hall–Kier alpha value is -4.14. The molecule has 2 saturated carbocycles. The Labute approximate surface area is 393 Å². The molecular weight excluding hydrogens is 899 g/mol. The summed E-state index contributed by atoms with van der Waals surface area (Å²) in [4.78, 5) is 84.7. The van der Waals surface area contributed by atoms with Crippen molar-refractivity contribution in [2.24, 2.45) is 16.7 Å². The standard InChI is InChI=1S/C47H65NO16S2/c1-23(2)18-28(48-42(56)64-43(6,7)8)35(52)41(55)60-30-21-47(57)39(62-40(54)27-19-24(3)14-15-29(27)58-12)37-45(11,31(50)20-32-46(37,22-59-32)63-26(5)49)38(53)36(34(25(30)4)44(47,9)10)61-33(51)16-17-66-65-13/h14-15,18-19,28,30-32,35-37,39,50,52,57H,16-17,20-22H2,1-13H3,(H,48,56)/t28-,30-,31?,32+,35+,36+,37-,39-,45+,46-,47+/m0/s1. The number of aliphatic hydroxyl groups is 3. The van der Waals surface area contributed by atoms with E-state index in [0.29, 0.717) is 16.9 Å². The monoisotopic (exact) mass is 963 g/mol. The molecule has 1 saturated heterocycles. The number of nitrogens with one attached hydrogen (secondary N) is 1. The maximum atomic E-state index is 15.8. The predicted molar refractivity (Wildman–Crippen MR) is 243 cm³/mol. The Morgan fingerprint density at radius 1 is 1.05 bits per heavy atom. The average molecular weight is 964 g/mol. The van der Waals surface area contributed by atoms with Crippen LogP contribution in [-0.2, 0) is 47.6 Å². The molecule has 1 aliphatic heterocycles. The quantitative estimate of drug-likeness (QED) is 0.0622. The molecule has 0 aromatic heterocycles. The van der Waals surface area contributed by atoms with Crippen molar-refractivity contribution in [3.05, 3.63) is 52.1 Å². The fourth-order valence-corrected chi connectivity index (χ4v) is 11.2. The van der Waals surface area contributed by atoms with E-state index in [1.807, 2.05) is 6.26 Å². The molecule has 3 aliphatic carbocycles. The molecule has 11 atom stereocenters. The lowest BCUT2D eigenvalue weighted by atomic mass is 9.44. The van der Waals surface area contributed by atoms with Gasteiger partial charge in [0.15, 0.2) is 23.6 Å². The van der Waals surface area contributed by atoms with Crippen LogP contribution in [-0.4, -0.2) is 136 Å². The van der Waals surface area contributed by atoms with Crippen molar-refractivity contribution in [3.63, 3.8) is 0 Å². The van der Waals surface area contributed by atoms with E-state index in [4.69, 9.17) is 33.2 Å². The second-order valence-electron chi connectivity index (χ2n) is 19.5. The minimum Gasteiger partial charge on any atom is -0.496 e. The van der Waals surface area contributed by atoms with Crippen LogP contribution in [0.3, 0.4) is 0 Å². The Morgan fingerprint density at radius 2 is 1.71 bits per heavy atom. The molecule has 1 aromatic rings. The first-order valence-electron chi connectivity index (χ1n) is 21.8. The van der Waals surface area contributed by atoms with Crippen molar-refractivity contribution in [1.82, 2.24) is 5.32 Å². The number of esters is 4. The van der Waals surface area contributed by atoms with Crippen molar-refractivity contribution in [2.75, 3.05) is 25.7 Å². The van der Waals surface area contributed by atoms with Gasteiger partial charge in [-0.15, -0.1) is 0 Å². The first-order chi connectivity index (χ1) is 30.6. The molecule has 1 amide bonds. The number of hydrogen-bond acceptors (Lipinski definition) is 18. The summed E-state index contributed by atoms with van der Waals surface area (Å²) < 4.78 is 41.8. The fourth-order valence-electron chi connectivity index (χ4n) is 10.0. The molecular formula is C47H65NO16S2. The molecule has 66 heavy (non-hydrogen) atoms. The number of allylic oxidation sites excluding steroid dienone is 1. The smallest absolute Gasteiger partial charge is 0.408 e. The van der Waals surface area contributed by atoms with Crippen LogP contribution in [0.5, 0.6) is 5.75 Å². The van der Waals surface area contributed by atoms with Crippen LogP contribution >= 0.6 is 21.6 Å². The second kappa shape index (κ2) is 19.8. The molecule has 1 unspecified atom stereocenters. The molecule has 4 aliphatic rings. The number of aliphatic hydroxyl groups excluding tert-OH is 2. The van der Waals surface area contributed by atoms with Gasteiger partial charge >= 0.3 is 30.0 Å². The van der Waals surface area contributed by atoms with Crippen LogP contribution < -0.4 is 10.1 Å². The Kier molecular flexibility index (Phi) is 15.9. The molecule has 2 bridgehead atoms. The van der Waals surface area contributed by atoms with Gasteiger partial charge in [-0.25, -0.2) is 14.4 Å². The molecule has 17 nitrogen and oxygen atoms in total. The van der Waals surface area contributed by atoms with Gasteiger partial charge in [0.2, 0.25) is 0 Å². The van der Waals surface area contributed by atoms with Gasteiger partial charge < -0.3 is 53.8 Å². The largest absolute Gasteiger partial charge is 0.496 e. The maximum Gasteiger partial charge on any atom is 0.408 e. The summed E-state index contributed by atoms with van der Waals surface area (Å²) in [5.74, 6) is -5.91. The highest BCUT2D eigenvalue weighted by molar-refractivity contribution is 8.76. The molecule has 366 valence electrons. The molecule has 3 fully saturated rings. The number of fused-ring (bicyclic) bond motifs is 5. The fraction of sp³-hybridized carbons (Fsp3) is 0.660. The first kappa shape index (κ1) is 52.8. The van der Waals surface area contributed by atoms with Crippen LogP contribution in [0, 0.1) is 23.7 Å². The topological polar surface area (TPSA) is 240 Å². The number of carbonyl (C=O) groups excluding carboxylic acids is 6. The van der Waals surface area contributed by atoms with Crippen LogP contribution in [0.1, 0.15) is 104 Å². The van der Waals surface area contributed by atoms with E-state index in [9.17, 15) is 39.3 Å². The molecule has 1 heterocycles. The summed E-state index contributed by atoms with van der Waals surface area (Å²) in [5.41, 5.74) is -7.66. The van der Waals surface area contributed by atoms with E-state index in [2.05, 4.69) is 5.32 Å². The minimum absolute atomic E-state index is 0.0123. The molecule has 4 N–H and O–H groups in total. The zero-order valence-electron chi connectivity index (χ0n) is 39.9. The van der Waals surface area contributed by atoms with Gasteiger partial charge in [-0.3, -0.25) is 14.4 Å². The van der Waals surface area contributed by atoms with Crippen molar-refractivity contribution in [2.45, 2.75) is 155 Å². The van der Waals surface area contributed by atoms with E-state index in [0.717, 1.165) is 6.92 Å². The van der Waals surface area contributed by atoms with E-state index in [1.54, 1.807) is 67.5 Å². The summed E-state index contributed by atoms with van der Waals surface area (Å²) >= 11 is 0. The van der Waals surface area contributed by atoms with Gasteiger partial charge in [-0.1, -0.05) is 58.7 Å². The van der Waals surface area contributed by atoms with Gasteiger partial charge in [-0.2, -0.15) is 0 Å². The number of rotatable bonds is 14. The average Bonchev–Trinajstić information content (AvgIpc) is 3.20. The van der Waals surface area contributed by atoms with Crippen molar-refractivity contribution in [3.8, 4) is 5.75 Å². The van der Waals surface area contributed by atoms with E-state index in [1.165, 1.54) is 54.7 Å². The molecule has 0 spiro atoms. The van der Waals surface area contributed by atoms with Crippen molar-refractivity contribution in [1.29, 1.82) is 0 Å². The number of Topliss-reactive ketones (excluding diaryl/α,β-unsaturated/α-hetero) is 1. The number of hydrogen-bond donors (Lipinski definition) is 4. The van der Waals surface area contributed by atoms with Crippen LogP contribution in [0.25, 0.3) is 0 Å². The van der Waals surface area contributed by atoms with Gasteiger partial charge in [0.1, 0.15) is 40.8 Å². The maximum absolute atomic E-state index is 15.8. The number of amides is 1. The summed E-state index contributed by atoms with van der Waals surface area (Å²) in [5, 5.41) is 40.2. The highest BCUT2D eigenvalue weighted by Crippen LogP contribution is 2.64. The van der Waals surface area contributed by atoms with Gasteiger partial charge in [-0.05, 0) is 84.9 Å². The second-order valence-corrected chi connectivity index (χ2v) is 22.2. The summed E-state index contributed by atoms with van der Waals surface area (Å²) in [6.07, 6.45) is -8.59. The van der Waals surface area contributed by atoms with Gasteiger partial charge in [0, 0.05) is 30.9 Å². The summed E-state index contributed by atoms with van der Waals surface area (Å²) in [6, 6.07) is 3.41. The lowest BCUT2D eigenvalue weighted by Gasteiger charge is -2.67. The van der Waals surface area contributed by atoms with Gasteiger partial charge in [0.05, 0.1) is 43.6 Å². The normalized spacial score (nSPS) is 30.9. The zero-order valence-corrected chi connectivity index (χ0v) is 41.6. The highest BCUT2D eigenvalue weighted by atomic mass is 33.1. The van der Waals surface area contributed by atoms with Crippen LogP contribution in [0.15, 0.2) is 41.0 Å². The Morgan fingerprint density at radius 3 is 2.27 bits per heavy atom. The molecule has 1 aromatic carbocycles. The van der Waals surface area contributed by atoms with E-state index >= 15 is 4.79 Å². The third kappa shape index (κ3) is 10.0. The third-order valence-corrected chi connectivity index (χ3v) is 15.1. The first-order valence-corrected chi connectivity index (χ1v) is 24.5. The molecule has 19 heteroatoms. The Balaban J connectivity index is 1.78. The van der Waals surface area contributed by atoms with Crippen molar-refractivity contribution >= 4 is 57.3 Å². The lowest BCUT2D eigenvalue weighted by Crippen LogP contribution is -2.82. The SMILES string of the molecule is COc1ccc(C)cc1C(=O)O[C@H]1[C@@H]2[C@]3(OC(C)=O)CO[C@@H]3CC(O)[C@@]2(C)C(=O)[C@H](OC(=O)CCSSC)C2=C(C)[C@@H](OC(=O)[C@H](O)[C@H](C=C(C)C)NC(=O)OC(C)(C)C)C[C@]1(O)C2(C)C. The van der Waals surface area contributed by atoms with E-state index < -0.39 is 118 Å². The van der Waals surface area contributed by atoms with Gasteiger partial charge in [0.25, 0.3) is 0 Å². The zero-order chi connectivity index (χ0) is 49.5. The number of alkyl carbamates (subject to hydrolysis) is 1. The number of ether oxygens (including phenoxy) is 7. The molecule has 0 radical (unpaired) electrons. The third-order valence-electron chi connectivity index (χ3n) is 13.3. The number of benzene rings is 1. The summed E-state index contributed by atoms with van der Waals surface area (Å²) in [6.45, 7) is 16.9. The number of aryl methyl sites for hydroxylation is 1. The minimum atomic E-state index is -2.45. The number of carbonyl (C=O) groups is 6. The predicted octanol–water partition coefficient (Wildman–Crippen LogP) is 5.12. The van der Waals surface area contributed by atoms with E-state index in [-0.39, 0.29) is 41.9 Å². The number of methoxy groups -OCH3 is 1. The summed E-state index contributed by atoms with van der Waals surface area (Å²) in [7, 11) is 4.16. The molecule has 5 rings (SSSR count). The van der Waals surface area contributed by atoms with Crippen LogP contribution in [0.4, 0.5) is 4.79 Å². The van der Waals surface area contributed by atoms with Crippen molar-refractivity contribution < 1.29 is 77.2 Å². The van der Waals surface area contributed by atoms with Crippen LogP contribution in [0.2, 0.25) is 0 Å². The Bertz CT molecular complexity index is 2150.